The Bertz CT molecular complexity index is 1400. The highest BCUT2D eigenvalue weighted by Gasteiger charge is 2.20. The van der Waals surface area contributed by atoms with E-state index in [0.29, 0.717) is 11.4 Å². The Labute approximate surface area is 233 Å². The fraction of sp³-hybridized carbons (Fsp3) is 0.300. The summed E-state index contributed by atoms with van der Waals surface area (Å²) in [4.78, 5) is 25.9. The van der Waals surface area contributed by atoms with Crippen LogP contribution in [0.15, 0.2) is 54.6 Å². The summed E-state index contributed by atoms with van der Waals surface area (Å²) in [7, 11) is 6.14. The summed E-state index contributed by atoms with van der Waals surface area (Å²) in [5, 5.41) is 14.3. The van der Waals surface area contributed by atoms with E-state index in [4.69, 9.17) is 18.9 Å². The SMILES string of the molecule is COc1cc(/C=C/C(=O)Nc2ccc(CCN3CCc4cc(OC)c(OC)cc4C3)cc2)c([N+](=O)[O-])cc1OC. The molecule has 0 aromatic heterocycles. The van der Waals surface area contributed by atoms with Crippen LogP contribution in [-0.2, 0) is 24.2 Å². The van der Waals surface area contributed by atoms with Gasteiger partial charge in [0, 0.05) is 31.4 Å². The van der Waals surface area contributed by atoms with E-state index in [1.165, 1.54) is 49.6 Å². The molecule has 1 N–H and O–H groups in total. The van der Waals surface area contributed by atoms with Gasteiger partial charge in [0.1, 0.15) is 0 Å². The number of hydrogen-bond acceptors (Lipinski definition) is 8. The Hall–Kier alpha value is -4.57. The van der Waals surface area contributed by atoms with E-state index in [9.17, 15) is 14.9 Å². The van der Waals surface area contributed by atoms with E-state index >= 15 is 0 Å². The van der Waals surface area contributed by atoms with Gasteiger partial charge < -0.3 is 24.3 Å². The highest BCUT2D eigenvalue weighted by Crippen LogP contribution is 2.35. The summed E-state index contributed by atoms with van der Waals surface area (Å²) in [5.74, 6) is 1.67. The molecule has 0 bridgehead atoms. The van der Waals surface area contributed by atoms with Crippen LogP contribution in [0.25, 0.3) is 6.08 Å². The lowest BCUT2D eigenvalue weighted by atomic mass is 9.98. The maximum absolute atomic E-state index is 12.5. The summed E-state index contributed by atoms with van der Waals surface area (Å²) in [6, 6.07) is 14.5. The van der Waals surface area contributed by atoms with Gasteiger partial charge in [-0.25, -0.2) is 0 Å². The molecule has 0 unspecified atom stereocenters. The van der Waals surface area contributed by atoms with E-state index in [1.54, 1.807) is 14.2 Å². The van der Waals surface area contributed by atoms with Crippen molar-refractivity contribution >= 4 is 23.4 Å². The van der Waals surface area contributed by atoms with Crippen molar-refractivity contribution in [2.75, 3.05) is 46.8 Å². The lowest BCUT2D eigenvalue weighted by Gasteiger charge is -2.29. The van der Waals surface area contributed by atoms with Crippen LogP contribution in [0.3, 0.4) is 0 Å². The molecule has 3 aromatic rings. The molecule has 0 aliphatic carbocycles. The Morgan fingerprint density at radius 2 is 1.52 bits per heavy atom. The number of carbonyl (C=O) groups is 1. The number of nitrogens with zero attached hydrogens (tertiary/aromatic N) is 2. The molecule has 3 aromatic carbocycles. The zero-order valence-corrected chi connectivity index (χ0v) is 23.1. The molecule has 0 radical (unpaired) electrons. The number of benzene rings is 3. The van der Waals surface area contributed by atoms with Crippen molar-refractivity contribution < 1.29 is 28.7 Å². The smallest absolute Gasteiger partial charge is 0.280 e. The average Bonchev–Trinajstić information content (AvgIpc) is 2.98. The molecule has 1 heterocycles. The van der Waals surface area contributed by atoms with Crippen LogP contribution in [0.5, 0.6) is 23.0 Å². The van der Waals surface area contributed by atoms with Gasteiger partial charge in [-0.2, -0.15) is 0 Å². The quantitative estimate of drug-likeness (QED) is 0.205. The number of anilines is 1. The first kappa shape index (κ1) is 28.4. The van der Waals surface area contributed by atoms with Crippen LogP contribution in [0.1, 0.15) is 22.3 Å². The van der Waals surface area contributed by atoms with Crippen LogP contribution in [0.2, 0.25) is 0 Å². The largest absolute Gasteiger partial charge is 0.493 e. The van der Waals surface area contributed by atoms with E-state index in [0.717, 1.165) is 49.5 Å². The van der Waals surface area contributed by atoms with Crippen LogP contribution in [0, 0.1) is 10.1 Å². The predicted molar refractivity (Wildman–Crippen MR) is 153 cm³/mol. The van der Waals surface area contributed by atoms with Crippen molar-refractivity contribution in [2.45, 2.75) is 19.4 Å². The average molecular weight is 548 g/mol. The Morgan fingerprint density at radius 1 is 0.925 bits per heavy atom. The zero-order valence-electron chi connectivity index (χ0n) is 23.1. The third-order valence-electron chi connectivity index (χ3n) is 6.88. The highest BCUT2D eigenvalue weighted by molar-refractivity contribution is 6.02. The second kappa shape index (κ2) is 13.0. The highest BCUT2D eigenvalue weighted by atomic mass is 16.6. The maximum Gasteiger partial charge on any atom is 0.280 e. The number of amides is 1. The Kier molecular flexibility index (Phi) is 9.23. The first-order valence-corrected chi connectivity index (χ1v) is 12.8. The van der Waals surface area contributed by atoms with Crippen LogP contribution in [0.4, 0.5) is 11.4 Å². The fourth-order valence-corrected chi connectivity index (χ4v) is 4.70. The van der Waals surface area contributed by atoms with Crippen molar-refractivity contribution in [3.8, 4) is 23.0 Å². The zero-order chi connectivity index (χ0) is 28.6. The molecule has 0 saturated carbocycles. The topological polar surface area (TPSA) is 112 Å². The second-order valence-electron chi connectivity index (χ2n) is 9.29. The molecule has 1 amide bonds. The maximum atomic E-state index is 12.5. The molecule has 0 spiro atoms. The van der Waals surface area contributed by atoms with Gasteiger partial charge in [0.25, 0.3) is 5.69 Å². The molecule has 0 fully saturated rings. The summed E-state index contributed by atoms with van der Waals surface area (Å²) in [5.41, 5.74) is 4.38. The minimum atomic E-state index is -0.533. The number of carbonyl (C=O) groups excluding carboxylic acids is 1. The molecule has 1 aliphatic rings. The summed E-state index contributed by atoms with van der Waals surface area (Å²) >= 11 is 0. The van der Waals surface area contributed by atoms with Gasteiger partial charge in [0.2, 0.25) is 5.91 Å². The summed E-state index contributed by atoms with van der Waals surface area (Å²) in [6.45, 7) is 2.74. The van der Waals surface area contributed by atoms with Gasteiger partial charge in [-0.3, -0.25) is 19.8 Å². The number of methoxy groups -OCH3 is 4. The number of nitro groups is 1. The third-order valence-corrected chi connectivity index (χ3v) is 6.88. The molecular weight excluding hydrogens is 514 g/mol. The molecule has 4 rings (SSSR count). The van der Waals surface area contributed by atoms with Gasteiger partial charge in [-0.1, -0.05) is 12.1 Å². The Morgan fingerprint density at radius 3 is 2.15 bits per heavy atom. The van der Waals surface area contributed by atoms with Gasteiger partial charge in [-0.05, 0) is 65.9 Å². The second-order valence-corrected chi connectivity index (χ2v) is 9.29. The lowest BCUT2D eigenvalue weighted by molar-refractivity contribution is -0.385. The minimum Gasteiger partial charge on any atom is -0.493 e. The van der Waals surface area contributed by atoms with E-state index < -0.39 is 10.8 Å². The normalized spacial score (nSPS) is 13.0. The van der Waals surface area contributed by atoms with Gasteiger partial charge >= 0.3 is 0 Å². The van der Waals surface area contributed by atoms with Crippen molar-refractivity contribution in [1.82, 2.24) is 4.90 Å². The van der Waals surface area contributed by atoms with E-state index in [2.05, 4.69) is 22.3 Å². The van der Waals surface area contributed by atoms with Gasteiger partial charge in [0.15, 0.2) is 23.0 Å². The van der Waals surface area contributed by atoms with Crippen LogP contribution >= 0.6 is 0 Å². The molecule has 10 heteroatoms. The van der Waals surface area contributed by atoms with Gasteiger partial charge in [-0.15, -0.1) is 0 Å². The van der Waals surface area contributed by atoms with Crippen LogP contribution < -0.4 is 24.3 Å². The van der Waals surface area contributed by atoms with Crippen molar-refractivity contribution in [3.63, 3.8) is 0 Å². The first-order valence-electron chi connectivity index (χ1n) is 12.8. The molecule has 0 atom stereocenters. The van der Waals surface area contributed by atoms with Crippen molar-refractivity contribution in [3.05, 3.63) is 87.0 Å². The van der Waals surface area contributed by atoms with E-state index in [1.807, 2.05) is 24.3 Å². The molecule has 1 aliphatic heterocycles. The molecule has 210 valence electrons. The number of hydrogen-bond donors (Lipinski definition) is 1. The molecular formula is C30H33N3O7. The Balaban J connectivity index is 1.33. The van der Waals surface area contributed by atoms with Crippen LogP contribution in [-0.4, -0.2) is 57.3 Å². The summed E-state index contributed by atoms with van der Waals surface area (Å²) < 4.78 is 21.2. The first-order chi connectivity index (χ1) is 19.3. The van der Waals surface area contributed by atoms with Crippen molar-refractivity contribution in [2.24, 2.45) is 0 Å². The molecule has 40 heavy (non-hydrogen) atoms. The predicted octanol–water partition coefficient (Wildman–Crippen LogP) is 4.88. The fourth-order valence-electron chi connectivity index (χ4n) is 4.70. The molecule has 10 nitrogen and oxygen atoms in total. The molecule has 0 saturated heterocycles. The monoisotopic (exact) mass is 547 g/mol. The number of nitrogens with one attached hydrogen (secondary N) is 1. The standard InChI is InChI=1S/C30H33N3O7/c1-37-26-15-21-12-14-32(19-23(21)17-28(26)39-3)13-11-20-5-8-24(9-6-20)31-30(34)10-7-22-16-27(38-2)29(40-4)18-25(22)33(35)36/h5-10,15-18H,11-14,19H2,1-4H3,(H,31,34)/b10-7+. The third kappa shape index (κ3) is 6.70. The van der Waals surface area contributed by atoms with E-state index in [-0.39, 0.29) is 17.0 Å². The van der Waals surface area contributed by atoms with Gasteiger partial charge in [0.05, 0.1) is 45.0 Å². The number of nitro benzene ring substituents is 1. The summed E-state index contributed by atoms with van der Waals surface area (Å²) in [6.07, 6.45) is 4.47. The lowest BCUT2D eigenvalue weighted by Crippen LogP contribution is -2.32. The van der Waals surface area contributed by atoms with Crippen molar-refractivity contribution in [1.29, 1.82) is 0 Å². The minimum absolute atomic E-state index is 0.192. The number of rotatable bonds is 11. The number of fused-ring (bicyclic) bond motifs is 1. The number of ether oxygens (including phenoxy) is 4.